The van der Waals surface area contributed by atoms with Crippen LogP contribution in [0.1, 0.15) is 31.2 Å². The number of benzene rings is 2. The van der Waals surface area contributed by atoms with E-state index in [1.807, 2.05) is 0 Å². The van der Waals surface area contributed by atoms with Crippen molar-refractivity contribution >= 4 is 48.9 Å². The fourth-order valence-electron chi connectivity index (χ4n) is 3.71. The highest BCUT2D eigenvalue weighted by Gasteiger charge is 2.27. The highest BCUT2D eigenvalue weighted by Crippen LogP contribution is 2.27. The van der Waals surface area contributed by atoms with Crippen molar-refractivity contribution in [1.82, 2.24) is 4.31 Å². The summed E-state index contributed by atoms with van der Waals surface area (Å²) in [5, 5.41) is 3.15. The number of anilines is 2. The van der Waals surface area contributed by atoms with E-state index in [-0.39, 0.29) is 23.8 Å². The summed E-state index contributed by atoms with van der Waals surface area (Å²) in [5.41, 5.74) is 1.73. The van der Waals surface area contributed by atoms with E-state index in [1.165, 1.54) is 20.7 Å². The zero-order chi connectivity index (χ0) is 24.2. The number of rotatable bonds is 9. The molecule has 0 saturated carbocycles. The molecule has 2 aromatic carbocycles. The van der Waals surface area contributed by atoms with Crippen LogP contribution < -0.4 is 9.62 Å². The van der Waals surface area contributed by atoms with E-state index in [2.05, 4.69) is 5.32 Å². The number of halogens is 1. The van der Waals surface area contributed by atoms with Crippen LogP contribution in [0.4, 0.5) is 11.4 Å². The maximum atomic E-state index is 12.6. The Morgan fingerprint density at radius 2 is 1.70 bits per heavy atom. The minimum atomic E-state index is -3.56. The number of aryl methyl sites for hydroxylation is 1. The smallest absolute Gasteiger partial charge is 0.243 e. The summed E-state index contributed by atoms with van der Waals surface area (Å²) in [6.45, 7) is 2.98. The van der Waals surface area contributed by atoms with Gasteiger partial charge >= 0.3 is 0 Å². The Balaban J connectivity index is 1.59. The molecule has 0 unspecified atom stereocenters. The molecule has 8 nitrogen and oxygen atoms in total. The third-order valence-corrected chi connectivity index (χ3v) is 8.77. The molecule has 3 rings (SSSR count). The van der Waals surface area contributed by atoms with E-state index in [1.54, 1.807) is 37.3 Å². The summed E-state index contributed by atoms with van der Waals surface area (Å²) >= 11 is 6.04. The van der Waals surface area contributed by atoms with Gasteiger partial charge in [-0.15, -0.1) is 0 Å². The predicted molar refractivity (Wildman–Crippen MR) is 131 cm³/mol. The number of amides is 1. The van der Waals surface area contributed by atoms with E-state index >= 15 is 0 Å². The van der Waals surface area contributed by atoms with Crippen molar-refractivity contribution in [2.75, 3.05) is 35.5 Å². The van der Waals surface area contributed by atoms with E-state index in [0.29, 0.717) is 35.9 Å². The summed E-state index contributed by atoms with van der Waals surface area (Å²) in [6.07, 6.45) is 3.24. The topological polar surface area (TPSA) is 104 Å². The predicted octanol–water partition coefficient (Wildman–Crippen LogP) is 3.62. The lowest BCUT2D eigenvalue weighted by molar-refractivity contribution is -0.116. The van der Waals surface area contributed by atoms with Gasteiger partial charge in [-0.05, 0) is 68.1 Å². The normalized spacial score (nSPS) is 14.9. The third kappa shape index (κ3) is 6.47. The van der Waals surface area contributed by atoms with Crippen LogP contribution in [0.2, 0.25) is 5.02 Å². The molecule has 180 valence electrons. The van der Waals surface area contributed by atoms with Gasteiger partial charge in [-0.25, -0.2) is 16.8 Å². The lowest BCUT2D eigenvalue weighted by atomic mass is 10.2. The Bertz CT molecular complexity index is 1210. The summed E-state index contributed by atoms with van der Waals surface area (Å²) in [6, 6.07) is 11.1. The van der Waals surface area contributed by atoms with Crippen LogP contribution in [0.3, 0.4) is 0 Å². The van der Waals surface area contributed by atoms with E-state index in [0.717, 1.165) is 24.7 Å². The van der Waals surface area contributed by atoms with Gasteiger partial charge in [-0.3, -0.25) is 9.10 Å². The van der Waals surface area contributed by atoms with Gasteiger partial charge in [0.1, 0.15) is 0 Å². The molecule has 0 aliphatic carbocycles. The molecule has 0 spiro atoms. The molecule has 1 saturated heterocycles. The van der Waals surface area contributed by atoms with Crippen molar-refractivity contribution in [2.45, 2.75) is 37.5 Å². The van der Waals surface area contributed by atoms with Gasteiger partial charge in [0.05, 0.1) is 16.8 Å². The number of carbonyl (C=O) groups excluding carboxylic acids is 1. The van der Waals surface area contributed by atoms with Gasteiger partial charge in [-0.2, -0.15) is 4.31 Å². The van der Waals surface area contributed by atoms with Crippen molar-refractivity contribution in [3.05, 3.63) is 53.1 Å². The van der Waals surface area contributed by atoms with Crippen molar-refractivity contribution in [3.63, 3.8) is 0 Å². The molecule has 1 fully saturated rings. The Hall–Kier alpha value is -2.14. The Morgan fingerprint density at radius 1 is 1.06 bits per heavy atom. The van der Waals surface area contributed by atoms with Crippen molar-refractivity contribution in [2.24, 2.45) is 0 Å². The summed E-state index contributed by atoms with van der Waals surface area (Å²) in [7, 11) is -7.06. The average molecular weight is 514 g/mol. The van der Waals surface area contributed by atoms with Crippen molar-refractivity contribution in [1.29, 1.82) is 0 Å². The van der Waals surface area contributed by atoms with Crippen LogP contribution in [-0.4, -0.2) is 52.9 Å². The molecule has 0 atom stereocenters. The second-order valence-electron chi connectivity index (χ2n) is 8.05. The van der Waals surface area contributed by atoms with Gasteiger partial charge in [0.25, 0.3) is 0 Å². The number of sulfonamides is 2. The van der Waals surface area contributed by atoms with Crippen molar-refractivity contribution in [3.8, 4) is 0 Å². The SMILES string of the molecule is Cc1ccc(Cl)cc1N(CCCC(=O)Nc1ccc(S(=O)(=O)N2CCCC2)cc1)S(C)(=O)=O. The number of hydrogen-bond acceptors (Lipinski definition) is 5. The highest BCUT2D eigenvalue weighted by atomic mass is 35.5. The summed E-state index contributed by atoms with van der Waals surface area (Å²) in [5.74, 6) is -0.290. The monoisotopic (exact) mass is 513 g/mol. The molecule has 1 N–H and O–H groups in total. The van der Waals surface area contributed by atoms with Crippen LogP contribution in [0.5, 0.6) is 0 Å². The Kier molecular flexibility index (Phi) is 8.04. The van der Waals surface area contributed by atoms with E-state index < -0.39 is 20.0 Å². The lowest BCUT2D eigenvalue weighted by Gasteiger charge is -2.24. The maximum absolute atomic E-state index is 12.6. The quantitative estimate of drug-likeness (QED) is 0.551. The van der Waals surface area contributed by atoms with Crippen LogP contribution >= 0.6 is 11.6 Å². The molecule has 0 aromatic heterocycles. The first-order valence-corrected chi connectivity index (χ1v) is 14.3. The minimum absolute atomic E-state index is 0.0967. The second-order valence-corrected chi connectivity index (χ2v) is 12.3. The number of nitrogens with one attached hydrogen (secondary N) is 1. The maximum Gasteiger partial charge on any atom is 0.243 e. The molecule has 0 bridgehead atoms. The van der Waals surface area contributed by atoms with Crippen LogP contribution in [0, 0.1) is 6.92 Å². The molecule has 0 radical (unpaired) electrons. The summed E-state index contributed by atoms with van der Waals surface area (Å²) < 4.78 is 52.5. The Morgan fingerprint density at radius 3 is 2.30 bits per heavy atom. The zero-order valence-electron chi connectivity index (χ0n) is 18.6. The second kappa shape index (κ2) is 10.4. The molecular weight excluding hydrogens is 486 g/mol. The molecule has 1 aliphatic rings. The zero-order valence-corrected chi connectivity index (χ0v) is 21.0. The summed E-state index contributed by atoms with van der Waals surface area (Å²) in [4.78, 5) is 12.6. The van der Waals surface area contributed by atoms with Crippen LogP contribution in [0.15, 0.2) is 47.4 Å². The van der Waals surface area contributed by atoms with Gasteiger partial charge in [0.2, 0.25) is 26.0 Å². The molecule has 2 aromatic rings. The number of hydrogen-bond donors (Lipinski definition) is 1. The molecule has 1 aliphatic heterocycles. The largest absolute Gasteiger partial charge is 0.326 e. The van der Waals surface area contributed by atoms with Gasteiger partial charge in [-0.1, -0.05) is 17.7 Å². The van der Waals surface area contributed by atoms with Gasteiger partial charge < -0.3 is 5.32 Å². The van der Waals surface area contributed by atoms with Crippen LogP contribution in [-0.2, 0) is 24.8 Å². The number of carbonyl (C=O) groups is 1. The first-order valence-electron chi connectivity index (χ1n) is 10.6. The first-order chi connectivity index (χ1) is 15.5. The molecule has 11 heteroatoms. The van der Waals surface area contributed by atoms with Crippen LogP contribution in [0.25, 0.3) is 0 Å². The average Bonchev–Trinajstić information content (AvgIpc) is 3.29. The van der Waals surface area contributed by atoms with E-state index in [9.17, 15) is 21.6 Å². The van der Waals surface area contributed by atoms with Gasteiger partial charge in [0, 0.05) is 36.8 Å². The fourth-order valence-corrected chi connectivity index (χ4v) is 6.41. The first kappa shape index (κ1) is 25.5. The molecular formula is C22H28ClN3O5S2. The Labute approximate surface area is 200 Å². The number of nitrogens with zero attached hydrogens (tertiary/aromatic N) is 2. The van der Waals surface area contributed by atoms with E-state index in [4.69, 9.17) is 11.6 Å². The van der Waals surface area contributed by atoms with Gasteiger partial charge in [0.15, 0.2) is 0 Å². The fraction of sp³-hybridized carbons (Fsp3) is 0.409. The molecule has 1 amide bonds. The standard InChI is InChI=1S/C22H28ClN3O5S2/c1-17-7-8-18(23)16-21(17)26(32(2,28)29)15-5-6-22(27)24-19-9-11-20(12-10-19)33(30,31)25-13-3-4-14-25/h7-12,16H,3-6,13-15H2,1-2H3,(H,24,27). The molecule has 1 heterocycles. The van der Waals surface area contributed by atoms with Crippen molar-refractivity contribution < 1.29 is 21.6 Å². The third-order valence-electron chi connectivity index (χ3n) is 5.45. The molecule has 33 heavy (non-hydrogen) atoms. The highest BCUT2D eigenvalue weighted by molar-refractivity contribution is 7.92. The lowest BCUT2D eigenvalue weighted by Crippen LogP contribution is -2.32. The minimum Gasteiger partial charge on any atom is -0.326 e.